The first kappa shape index (κ1) is 15.2. The van der Waals surface area contributed by atoms with Crippen molar-refractivity contribution >= 4 is 43.2 Å². The maximum Gasteiger partial charge on any atom is 0.0440 e. The molecule has 0 saturated carbocycles. The van der Waals surface area contributed by atoms with E-state index in [4.69, 9.17) is 0 Å². The molecule has 1 aromatic carbocycles. The minimum Gasteiger partial charge on any atom is -0.305 e. The van der Waals surface area contributed by atoms with Crippen LogP contribution < -0.4 is 5.32 Å². The summed E-state index contributed by atoms with van der Waals surface area (Å²) in [6.45, 7) is 5.40. The fourth-order valence-corrected chi connectivity index (χ4v) is 3.66. The molecular formula is C15H17Br2NS. The summed E-state index contributed by atoms with van der Waals surface area (Å²) in [5, 5.41) is 5.80. The lowest BCUT2D eigenvalue weighted by molar-refractivity contribution is 0.416. The number of benzene rings is 1. The second-order valence-corrected chi connectivity index (χ2v) is 7.55. The van der Waals surface area contributed by atoms with Crippen molar-refractivity contribution in [3.8, 4) is 0 Å². The van der Waals surface area contributed by atoms with E-state index in [0.717, 1.165) is 15.5 Å². The Morgan fingerprint density at radius 3 is 2.53 bits per heavy atom. The van der Waals surface area contributed by atoms with Crippen molar-refractivity contribution in [3.05, 3.63) is 55.1 Å². The van der Waals surface area contributed by atoms with Crippen LogP contribution in [-0.4, -0.2) is 0 Å². The van der Waals surface area contributed by atoms with E-state index in [9.17, 15) is 0 Å². The highest BCUT2D eigenvalue weighted by atomic mass is 79.9. The van der Waals surface area contributed by atoms with E-state index in [1.165, 1.54) is 10.4 Å². The zero-order valence-corrected chi connectivity index (χ0v) is 15.0. The van der Waals surface area contributed by atoms with Crippen LogP contribution in [0.15, 0.2) is 44.7 Å². The third kappa shape index (κ3) is 4.15. The average Bonchev–Trinajstić information content (AvgIpc) is 2.87. The molecule has 102 valence electrons. The summed E-state index contributed by atoms with van der Waals surface area (Å²) in [4.78, 5) is 1.41. The molecule has 2 rings (SSSR count). The average molecular weight is 403 g/mol. The molecule has 19 heavy (non-hydrogen) atoms. The lowest BCUT2D eigenvalue weighted by atomic mass is 10.0. The minimum absolute atomic E-state index is 0.419. The van der Waals surface area contributed by atoms with Gasteiger partial charge in [-0.2, -0.15) is 0 Å². The van der Waals surface area contributed by atoms with Crippen LogP contribution in [0, 0.1) is 5.92 Å². The molecule has 1 atom stereocenters. The number of halogens is 2. The minimum atomic E-state index is 0.419. The number of thiophene rings is 1. The van der Waals surface area contributed by atoms with Crippen LogP contribution in [0.5, 0.6) is 0 Å². The van der Waals surface area contributed by atoms with E-state index in [1.807, 2.05) is 11.3 Å². The van der Waals surface area contributed by atoms with Crippen LogP contribution in [0.3, 0.4) is 0 Å². The molecule has 0 saturated heterocycles. The molecule has 0 aliphatic carbocycles. The fraction of sp³-hybridized carbons (Fsp3) is 0.333. The van der Waals surface area contributed by atoms with Crippen molar-refractivity contribution in [1.29, 1.82) is 0 Å². The smallest absolute Gasteiger partial charge is 0.0440 e. The number of rotatable bonds is 5. The summed E-state index contributed by atoms with van der Waals surface area (Å²) in [5.74, 6) is 0.581. The zero-order valence-electron chi connectivity index (χ0n) is 11.0. The topological polar surface area (TPSA) is 12.0 Å². The molecule has 0 amide bonds. The van der Waals surface area contributed by atoms with Crippen molar-refractivity contribution in [2.75, 3.05) is 0 Å². The molecule has 1 unspecified atom stereocenters. The highest BCUT2D eigenvalue weighted by Gasteiger charge is 2.16. The summed E-state index contributed by atoms with van der Waals surface area (Å²) in [6.07, 6.45) is 0. The van der Waals surface area contributed by atoms with E-state index in [1.54, 1.807) is 0 Å². The van der Waals surface area contributed by atoms with Crippen molar-refractivity contribution < 1.29 is 0 Å². The zero-order chi connectivity index (χ0) is 13.8. The van der Waals surface area contributed by atoms with Gasteiger partial charge in [-0.1, -0.05) is 26.0 Å². The monoisotopic (exact) mass is 401 g/mol. The lowest BCUT2D eigenvalue weighted by Gasteiger charge is -2.21. The van der Waals surface area contributed by atoms with Gasteiger partial charge >= 0.3 is 0 Å². The van der Waals surface area contributed by atoms with Crippen LogP contribution in [0.2, 0.25) is 0 Å². The summed E-state index contributed by atoms with van der Waals surface area (Å²) in [6, 6.07) is 11.1. The molecule has 0 bridgehead atoms. The number of hydrogen-bond donors (Lipinski definition) is 1. The van der Waals surface area contributed by atoms with Crippen LogP contribution in [0.1, 0.15) is 30.3 Å². The first-order valence-corrected chi connectivity index (χ1v) is 8.75. The first-order chi connectivity index (χ1) is 9.08. The molecule has 1 nitrogen and oxygen atoms in total. The van der Waals surface area contributed by atoms with Gasteiger partial charge in [0, 0.05) is 26.4 Å². The van der Waals surface area contributed by atoms with Gasteiger partial charge in [-0.15, -0.1) is 11.3 Å². The maximum absolute atomic E-state index is 3.66. The summed E-state index contributed by atoms with van der Waals surface area (Å²) in [7, 11) is 0. The number of nitrogens with one attached hydrogen (secondary N) is 1. The second-order valence-electron chi connectivity index (χ2n) is 4.87. The summed E-state index contributed by atoms with van der Waals surface area (Å²) < 4.78 is 2.19. The van der Waals surface area contributed by atoms with E-state index in [-0.39, 0.29) is 0 Å². The van der Waals surface area contributed by atoms with Gasteiger partial charge in [0.25, 0.3) is 0 Å². The second kappa shape index (κ2) is 7.02. The van der Waals surface area contributed by atoms with E-state index in [0.29, 0.717) is 12.0 Å². The molecule has 0 aliphatic rings. The fourth-order valence-electron chi connectivity index (χ4n) is 2.01. The van der Waals surface area contributed by atoms with Crippen LogP contribution >= 0.6 is 43.2 Å². The Hall–Kier alpha value is -0.160. The van der Waals surface area contributed by atoms with Crippen molar-refractivity contribution in [3.63, 3.8) is 0 Å². The predicted octanol–water partition coefficient (Wildman–Crippen LogP) is 5.76. The Labute approximate surface area is 135 Å². The Balaban J connectivity index is 2.05. The normalized spacial score (nSPS) is 12.9. The predicted molar refractivity (Wildman–Crippen MR) is 90.6 cm³/mol. The molecular weight excluding hydrogens is 386 g/mol. The molecule has 0 fully saturated rings. The van der Waals surface area contributed by atoms with Crippen LogP contribution in [0.4, 0.5) is 0 Å². The molecule has 1 aromatic heterocycles. The number of hydrogen-bond acceptors (Lipinski definition) is 2. The van der Waals surface area contributed by atoms with Gasteiger partial charge < -0.3 is 5.32 Å². The first-order valence-electron chi connectivity index (χ1n) is 6.28. The van der Waals surface area contributed by atoms with Gasteiger partial charge in [0.2, 0.25) is 0 Å². The third-order valence-electron chi connectivity index (χ3n) is 3.03. The molecule has 1 N–H and O–H groups in total. The van der Waals surface area contributed by atoms with Gasteiger partial charge in [0.1, 0.15) is 0 Å². The van der Waals surface area contributed by atoms with E-state index in [2.05, 4.69) is 86.7 Å². The van der Waals surface area contributed by atoms with Crippen molar-refractivity contribution in [2.24, 2.45) is 5.92 Å². The van der Waals surface area contributed by atoms with Crippen LogP contribution in [-0.2, 0) is 6.54 Å². The summed E-state index contributed by atoms with van der Waals surface area (Å²) >= 11 is 8.87. The molecule has 4 heteroatoms. The van der Waals surface area contributed by atoms with E-state index < -0.39 is 0 Å². The highest BCUT2D eigenvalue weighted by molar-refractivity contribution is 9.13. The molecule has 0 radical (unpaired) electrons. The maximum atomic E-state index is 3.66. The SMILES string of the molecule is CC(C)C(NCc1ccc(Br)c(Br)c1)c1cccs1. The molecule has 0 aliphatic heterocycles. The standard InChI is InChI=1S/C15H17Br2NS/c1-10(2)15(14-4-3-7-19-14)18-9-11-5-6-12(16)13(17)8-11/h3-8,10,15,18H,9H2,1-2H3. The van der Waals surface area contributed by atoms with Gasteiger partial charge in [-0.05, 0) is 66.9 Å². The van der Waals surface area contributed by atoms with Gasteiger partial charge in [0.05, 0.1) is 0 Å². The lowest BCUT2D eigenvalue weighted by Crippen LogP contribution is -2.24. The molecule has 2 aromatic rings. The Morgan fingerprint density at radius 1 is 1.16 bits per heavy atom. The van der Waals surface area contributed by atoms with Crippen molar-refractivity contribution in [1.82, 2.24) is 5.32 Å². The summed E-state index contributed by atoms with van der Waals surface area (Å²) in [5.41, 5.74) is 1.29. The van der Waals surface area contributed by atoms with Gasteiger partial charge in [-0.3, -0.25) is 0 Å². The third-order valence-corrected chi connectivity index (χ3v) is 5.86. The Morgan fingerprint density at radius 2 is 1.95 bits per heavy atom. The Bertz CT molecular complexity index is 523. The van der Waals surface area contributed by atoms with Gasteiger partial charge in [0.15, 0.2) is 0 Å². The molecule has 1 heterocycles. The van der Waals surface area contributed by atoms with Crippen molar-refractivity contribution in [2.45, 2.75) is 26.4 Å². The van der Waals surface area contributed by atoms with Gasteiger partial charge in [-0.25, -0.2) is 0 Å². The highest BCUT2D eigenvalue weighted by Crippen LogP contribution is 2.27. The Kier molecular flexibility index (Phi) is 5.63. The quantitative estimate of drug-likeness (QED) is 0.670. The van der Waals surface area contributed by atoms with Crippen LogP contribution in [0.25, 0.3) is 0 Å². The largest absolute Gasteiger partial charge is 0.305 e. The van der Waals surface area contributed by atoms with E-state index >= 15 is 0 Å². The molecule has 0 spiro atoms.